The van der Waals surface area contributed by atoms with Crippen LogP contribution in [0.4, 0.5) is 0 Å². The Kier molecular flexibility index (Phi) is 24.7. The van der Waals surface area contributed by atoms with E-state index in [0.717, 1.165) is 0 Å². The van der Waals surface area contributed by atoms with Crippen LogP contribution in [-0.4, -0.2) is 259 Å². The third-order valence-electron chi connectivity index (χ3n) is 14.0. The van der Waals surface area contributed by atoms with Crippen molar-refractivity contribution in [2.75, 3.05) is 105 Å². The first-order valence-electron chi connectivity index (χ1n) is 27.1. The summed E-state index contributed by atoms with van der Waals surface area (Å²) in [7, 11) is 1.40. The van der Waals surface area contributed by atoms with Crippen molar-refractivity contribution in [3.05, 3.63) is 35.9 Å². The SMILES string of the molecule is CNC(=O)C(CCC(=O)NCCCC[C@@H]1NC(=O)[C@@H](Cc2ccccc2)NC(=O)C(CC(=O)O)NC(=O)CNC(=O)[C@H](CCCN=C(N)N)NC1=O)NC1CN2CCN3CCN4CCN(CC2)CC(=O)[O][111In-]([O]C(=O)C4)([O]C(=O)C3)[O]1. The summed E-state index contributed by atoms with van der Waals surface area (Å²) in [4.78, 5) is 160. The molecular formula is C49H75InN15O16-. The van der Waals surface area contributed by atoms with Gasteiger partial charge >= 0.3 is 265 Å². The second-order valence-electron chi connectivity index (χ2n) is 20.3. The number of carbonyl (C=O) groups is 11. The summed E-state index contributed by atoms with van der Waals surface area (Å²) in [5.41, 5.74) is 11.5. The standard InChI is InChI=1S/C49H78N15O16.In/c1-52-44(76)34(56-39(67)27-61-16-18-62(28-41(70)71)20-22-64(30-43(74)75)23-21-63(19-17-61)29-42(72)73)12-13-37(65)53-14-6-5-10-33-46(78)58-32(11-7-15-54-49(50)51)45(77)55-26-38(66)57-36(25-40(68)69)48(80)60-35(47(79)59-33)24-31-8-3-2-4-9-31;/h2-4,8-9,32-36,39,56H,5-7,10-30H2,1H3,(H,52,76)(H,53,65)(H,55,77)(H,57,66)(H,58,78)(H,59,79)(H,60,80)(H,68,69)(H,70,71)(H,72,73)(H,74,75)(H4,50,51,54);/q-1;+3/p-3/t32-,33-,34?,35+,36?,39?;/m0./s1/i;1-4. The van der Waals surface area contributed by atoms with Crippen molar-refractivity contribution in [3.8, 4) is 0 Å². The molecule has 31 nitrogen and oxygen atoms in total. The number of guanidine groups is 1. The number of carboxylic acids is 1. The fourth-order valence-corrected chi connectivity index (χ4v) is 15.6. The number of aliphatic imine (C=N–C) groups is 1. The van der Waals surface area contributed by atoms with Crippen molar-refractivity contribution >= 4 is 92.9 Å². The van der Waals surface area contributed by atoms with Gasteiger partial charge in [-0.05, 0) is 18.4 Å². The molecule has 0 aromatic heterocycles. The van der Waals surface area contributed by atoms with Crippen LogP contribution in [0.3, 0.4) is 0 Å². The monoisotopic (exact) mass is 1240 g/mol. The Morgan fingerprint density at radius 3 is 1.80 bits per heavy atom. The minimum absolute atomic E-state index is 0.0239. The molecule has 1 aromatic carbocycles. The molecule has 446 valence electrons. The minimum atomic E-state index is -6.22. The van der Waals surface area contributed by atoms with Gasteiger partial charge in [-0.25, -0.2) is 0 Å². The molecule has 6 rings (SSSR count). The van der Waals surface area contributed by atoms with Gasteiger partial charge in [0, 0.05) is 13.0 Å². The van der Waals surface area contributed by atoms with Crippen LogP contribution in [0, 0.1) is 0 Å². The van der Waals surface area contributed by atoms with E-state index in [1.807, 2.05) is 14.7 Å². The van der Waals surface area contributed by atoms with Gasteiger partial charge in [-0.1, -0.05) is 30.3 Å². The number of carboxylic acid groups (broad SMARTS) is 1. The van der Waals surface area contributed by atoms with E-state index >= 15 is 0 Å². The molecule has 5 aliphatic rings. The third kappa shape index (κ3) is 21.3. The van der Waals surface area contributed by atoms with Gasteiger partial charge in [0.25, 0.3) is 0 Å². The first-order chi connectivity index (χ1) is 38.7. The van der Waals surface area contributed by atoms with Crippen molar-refractivity contribution in [1.82, 2.24) is 62.1 Å². The fraction of sp³-hybridized carbons (Fsp3) is 0.633. The van der Waals surface area contributed by atoms with Crippen molar-refractivity contribution in [2.24, 2.45) is 16.5 Å². The van der Waals surface area contributed by atoms with Crippen LogP contribution in [-0.2, 0) is 70.6 Å². The van der Waals surface area contributed by atoms with E-state index in [0.29, 0.717) is 57.9 Å². The zero-order valence-corrected chi connectivity index (χ0v) is 48.7. The molecule has 5 heterocycles. The maximum absolute atomic E-state index is 14.2. The molecule has 0 radical (unpaired) electrons. The van der Waals surface area contributed by atoms with Crippen molar-refractivity contribution in [3.63, 3.8) is 0 Å². The Balaban J connectivity index is 1.14. The van der Waals surface area contributed by atoms with Crippen LogP contribution >= 0.6 is 0 Å². The average molecular weight is 1240 g/mol. The molecule has 5 saturated heterocycles. The molecule has 13 N–H and O–H groups in total. The molecule has 5 fully saturated rings. The van der Waals surface area contributed by atoms with Crippen LogP contribution < -0.4 is 54.0 Å². The number of aliphatic carboxylic acids is 1. The summed E-state index contributed by atoms with van der Waals surface area (Å²) in [6.45, 7) is 2.51. The molecule has 0 saturated carbocycles. The zero-order chi connectivity index (χ0) is 58.5. The van der Waals surface area contributed by atoms with Crippen LogP contribution in [0.1, 0.15) is 56.9 Å². The number of unbranched alkanes of at least 4 members (excludes halogenated alkanes) is 1. The summed E-state index contributed by atoms with van der Waals surface area (Å²) in [6.07, 6.45) is -1.91. The second-order valence-corrected chi connectivity index (χ2v) is 26.4. The number of nitrogens with one attached hydrogen (secondary N) is 8. The van der Waals surface area contributed by atoms with E-state index in [-0.39, 0.29) is 96.6 Å². The predicted octanol–water partition coefficient (Wildman–Crippen LogP) is -6.73. The van der Waals surface area contributed by atoms with Crippen LogP contribution in [0.25, 0.3) is 0 Å². The van der Waals surface area contributed by atoms with E-state index in [9.17, 15) is 57.8 Å². The van der Waals surface area contributed by atoms with E-state index in [1.54, 1.807) is 30.3 Å². The number of benzene rings is 1. The van der Waals surface area contributed by atoms with Crippen LogP contribution in [0.2, 0.25) is 0 Å². The Morgan fingerprint density at radius 1 is 0.704 bits per heavy atom. The average Bonchev–Trinajstić information content (AvgIpc) is 3.49. The van der Waals surface area contributed by atoms with Gasteiger partial charge in [-0.2, -0.15) is 0 Å². The Morgan fingerprint density at radius 2 is 1.23 bits per heavy atom. The van der Waals surface area contributed by atoms with E-state index in [4.69, 9.17) is 22.9 Å². The second kappa shape index (κ2) is 31.5. The van der Waals surface area contributed by atoms with Crippen LogP contribution in [0.5, 0.6) is 0 Å². The first kappa shape index (κ1) is 63.5. The van der Waals surface area contributed by atoms with Gasteiger partial charge in [0.05, 0.1) is 13.0 Å². The summed E-state index contributed by atoms with van der Waals surface area (Å²) < 4.78 is 24.0. The maximum atomic E-state index is 14.2. The van der Waals surface area contributed by atoms with Crippen molar-refractivity contribution in [1.29, 1.82) is 0 Å². The van der Waals surface area contributed by atoms with Gasteiger partial charge in [0.1, 0.15) is 24.2 Å². The van der Waals surface area contributed by atoms with E-state index < -0.39 is 136 Å². The molecule has 7 amide bonds. The summed E-state index contributed by atoms with van der Waals surface area (Å²) in [5, 5.41) is 30.7. The molecule has 1 spiro atoms. The molecule has 8 atom stereocenters. The number of nitrogens with zero attached hydrogens (tertiary/aromatic N) is 5. The van der Waals surface area contributed by atoms with Gasteiger partial charge in [0.2, 0.25) is 29.5 Å². The van der Waals surface area contributed by atoms with Crippen LogP contribution in [0.15, 0.2) is 35.3 Å². The fourth-order valence-electron chi connectivity index (χ4n) is 9.70. The zero-order valence-electron chi connectivity index (χ0n) is 45.4. The number of nitrogens with two attached hydrogens (primary N) is 2. The number of likely N-dealkylation sites (N-methyl/N-ethyl adjacent to an activating group) is 1. The molecule has 5 bridgehead atoms. The Bertz CT molecular complexity index is 2400. The molecular weight excluding hydrogens is 1170 g/mol. The molecule has 32 heteroatoms. The van der Waals surface area contributed by atoms with Gasteiger partial charge in [-0.15, -0.1) is 0 Å². The number of amides is 7. The number of fused-ring (bicyclic) bond motifs is 12. The van der Waals surface area contributed by atoms with Gasteiger partial charge in [0.15, 0.2) is 5.96 Å². The molecule has 81 heavy (non-hydrogen) atoms. The van der Waals surface area contributed by atoms with Gasteiger partial charge in [-0.3, -0.25) is 33.8 Å². The molecule has 1 aromatic rings. The van der Waals surface area contributed by atoms with Crippen molar-refractivity contribution < 1.29 is 69.3 Å². The quantitative estimate of drug-likeness (QED) is 0.0348. The summed E-state index contributed by atoms with van der Waals surface area (Å²) in [5.74, 6) is -9.43. The normalized spacial score (nSPS) is 28.4. The number of carbonyl (C=O) groups excluding carboxylic acids is 10. The number of hydrogen-bond donors (Lipinski definition) is 11. The summed E-state index contributed by atoms with van der Waals surface area (Å²) in [6, 6.07) is 1.75. The molecule has 0 aliphatic carbocycles. The van der Waals surface area contributed by atoms with Gasteiger partial charge < -0.3 is 43.2 Å². The number of rotatable bonds is 19. The van der Waals surface area contributed by atoms with Crippen molar-refractivity contribution in [2.45, 2.75) is 94.2 Å². The number of hydrogen-bond acceptors (Lipinski definition) is 21. The predicted molar refractivity (Wildman–Crippen MR) is 285 cm³/mol. The third-order valence-corrected chi connectivity index (χ3v) is 20.6. The Hall–Kier alpha value is -6.71. The van der Waals surface area contributed by atoms with E-state index in [1.165, 1.54) is 7.05 Å². The van der Waals surface area contributed by atoms with E-state index in [2.05, 4.69) is 52.4 Å². The Labute approximate surface area is 474 Å². The molecule has 5 unspecified atom stereocenters. The topological polar surface area (TPSA) is 419 Å². The summed E-state index contributed by atoms with van der Waals surface area (Å²) >= 11 is -6.22. The molecule has 5 aliphatic heterocycles. The first-order valence-corrected chi connectivity index (χ1v) is 32.5.